The van der Waals surface area contributed by atoms with Gasteiger partial charge in [0.15, 0.2) is 0 Å². The lowest BCUT2D eigenvalue weighted by Crippen LogP contribution is -2.43. The first kappa shape index (κ1) is 17.8. The summed E-state index contributed by atoms with van der Waals surface area (Å²) in [5.74, 6) is -0.221. The van der Waals surface area contributed by atoms with E-state index in [1.165, 1.54) is 12.1 Å². The van der Waals surface area contributed by atoms with Crippen LogP contribution in [0.4, 0.5) is 0 Å². The zero-order valence-corrected chi connectivity index (χ0v) is 13.1. The van der Waals surface area contributed by atoms with Gasteiger partial charge in [-0.2, -0.15) is 0 Å². The molecule has 6 nitrogen and oxygen atoms in total. The van der Waals surface area contributed by atoms with Gasteiger partial charge in [0.1, 0.15) is 30.3 Å². The molecule has 0 aliphatic rings. The SMILES string of the molecule is O=C(O)C(Cc1ccc(O)cc1)NCC(O)COc1ccccc1. The maximum absolute atomic E-state index is 11.3. The van der Waals surface area contributed by atoms with Crippen LogP contribution in [0.1, 0.15) is 5.56 Å². The van der Waals surface area contributed by atoms with Crippen molar-refractivity contribution in [3.63, 3.8) is 0 Å². The predicted octanol–water partition coefficient (Wildman–Crippen LogP) is 1.42. The van der Waals surface area contributed by atoms with Crippen molar-refractivity contribution in [1.82, 2.24) is 5.32 Å². The average Bonchev–Trinajstić information content (AvgIpc) is 2.59. The van der Waals surface area contributed by atoms with E-state index in [4.69, 9.17) is 4.74 Å². The first-order valence-corrected chi connectivity index (χ1v) is 7.64. The minimum atomic E-state index is -1.00. The standard InChI is InChI=1S/C18H21NO5/c20-14-8-6-13(7-9-14)10-17(18(22)23)19-11-15(21)12-24-16-4-2-1-3-5-16/h1-9,15,17,19-21H,10-12H2,(H,22,23). The van der Waals surface area contributed by atoms with Crippen molar-refractivity contribution in [2.75, 3.05) is 13.2 Å². The van der Waals surface area contributed by atoms with Crippen molar-refractivity contribution >= 4 is 5.97 Å². The number of aromatic hydroxyl groups is 1. The fourth-order valence-corrected chi connectivity index (χ4v) is 2.16. The summed E-state index contributed by atoms with van der Waals surface area (Å²) in [6, 6.07) is 14.6. The molecule has 0 amide bonds. The van der Waals surface area contributed by atoms with Crippen LogP contribution in [0.3, 0.4) is 0 Å². The minimum Gasteiger partial charge on any atom is -0.508 e. The van der Waals surface area contributed by atoms with Crippen LogP contribution < -0.4 is 10.1 Å². The van der Waals surface area contributed by atoms with Crippen LogP contribution in [0, 0.1) is 0 Å². The highest BCUT2D eigenvalue weighted by Gasteiger charge is 2.19. The number of nitrogens with one attached hydrogen (secondary N) is 1. The number of carbonyl (C=O) groups is 1. The lowest BCUT2D eigenvalue weighted by molar-refractivity contribution is -0.139. The number of rotatable bonds is 9. The maximum atomic E-state index is 11.3. The van der Waals surface area contributed by atoms with Crippen LogP contribution in [0.5, 0.6) is 11.5 Å². The number of hydrogen-bond acceptors (Lipinski definition) is 5. The molecule has 0 saturated heterocycles. The molecule has 2 unspecified atom stereocenters. The quantitative estimate of drug-likeness (QED) is 0.555. The molecule has 2 atom stereocenters. The molecule has 6 heteroatoms. The van der Waals surface area contributed by atoms with E-state index >= 15 is 0 Å². The molecule has 0 fully saturated rings. The Labute approximate surface area is 140 Å². The van der Waals surface area contributed by atoms with Gasteiger partial charge < -0.3 is 25.4 Å². The van der Waals surface area contributed by atoms with E-state index in [9.17, 15) is 20.1 Å². The highest BCUT2D eigenvalue weighted by Crippen LogP contribution is 2.12. The molecule has 4 N–H and O–H groups in total. The summed E-state index contributed by atoms with van der Waals surface area (Å²) in [5, 5.41) is 31.3. The Bertz CT molecular complexity index is 630. The number of carboxylic acid groups (broad SMARTS) is 1. The van der Waals surface area contributed by atoms with Crippen molar-refractivity contribution in [3.8, 4) is 11.5 Å². The number of phenolic OH excluding ortho intramolecular Hbond substituents is 1. The number of aliphatic hydroxyl groups excluding tert-OH is 1. The Balaban J connectivity index is 1.80. The van der Waals surface area contributed by atoms with E-state index in [1.807, 2.05) is 18.2 Å². The summed E-state index contributed by atoms with van der Waals surface area (Å²) in [6.07, 6.45) is -0.575. The monoisotopic (exact) mass is 331 g/mol. The van der Waals surface area contributed by atoms with Gasteiger partial charge in [-0.15, -0.1) is 0 Å². The Morgan fingerprint density at radius 2 is 1.75 bits per heavy atom. The third-order valence-electron chi connectivity index (χ3n) is 3.46. The lowest BCUT2D eigenvalue weighted by atomic mass is 10.1. The molecule has 0 bridgehead atoms. The van der Waals surface area contributed by atoms with Gasteiger partial charge in [-0.1, -0.05) is 30.3 Å². The Morgan fingerprint density at radius 1 is 1.08 bits per heavy atom. The topological polar surface area (TPSA) is 99.0 Å². The summed E-state index contributed by atoms with van der Waals surface area (Å²) in [5.41, 5.74) is 0.780. The zero-order chi connectivity index (χ0) is 17.4. The maximum Gasteiger partial charge on any atom is 0.321 e. The van der Waals surface area contributed by atoms with Gasteiger partial charge in [-0.25, -0.2) is 0 Å². The summed E-state index contributed by atoms with van der Waals surface area (Å²) in [4.78, 5) is 11.3. The summed E-state index contributed by atoms with van der Waals surface area (Å²) < 4.78 is 5.43. The van der Waals surface area contributed by atoms with Crippen molar-refractivity contribution in [1.29, 1.82) is 0 Å². The summed E-state index contributed by atoms with van der Waals surface area (Å²) in [7, 11) is 0. The molecule has 0 aromatic heterocycles. The highest BCUT2D eigenvalue weighted by molar-refractivity contribution is 5.73. The Kier molecular flexibility index (Phi) is 6.60. The number of para-hydroxylation sites is 1. The van der Waals surface area contributed by atoms with Crippen LogP contribution in [0.25, 0.3) is 0 Å². The first-order chi connectivity index (χ1) is 11.5. The number of hydrogen-bond donors (Lipinski definition) is 4. The fourth-order valence-electron chi connectivity index (χ4n) is 2.16. The molecule has 128 valence electrons. The van der Waals surface area contributed by atoms with Crippen molar-refractivity contribution in [2.24, 2.45) is 0 Å². The predicted molar refractivity (Wildman–Crippen MR) is 89.2 cm³/mol. The number of benzene rings is 2. The van der Waals surface area contributed by atoms with Crippen molar-refractivity contribution in [3.05, 3.63) is 60.2 Å². The summed E-state index contributed by atoms with van der Waals surface area (Å²) in [6.45, 7) is 0.171. The molecular formula is C18H21NO5. The third-order valence-corrected chi connectivity index (χ3v) is 3.46. The minimum absolute atomic E-state index is 0.0720. The third kappa shape index (κ3) is 5.91. The Morgan fingerprint density at radius 3 is 2.38 bits per heavy atom. The number of phenols is 1. The van der Waals surface area contributed by atoms with Gasteiger partial charge in [0.05, 0.1) is 0 Å². The first-order valence-electron chi connectivity index (χ1n) is 7.64. The molecule has 0 saturated carbocycles. The zero-order valence-electron chi connectivity index (χ0n) is 13.1. The number of aliphatic carboxylic acids is 1. The van der Waals surface area contributed by atoms with Gasteiger partial charge in [-0.3, -0.25) is 4.79 Å². The normalized spacial score (nSPS) is 13.2. The lowest BCUT2D eigenvalue weighted by Gasteiger charge is -2.18. The van der Waals surface area contributed by atoms with Gasteiger partial charge in [0.2, 0.25) is 0 Å². The van der Waals surface area contributed by atoms with E-state index in [1.54, 1.807) is 24.3 Å². The molecule has 2 rings (SSSR count). The van der Waals surface area contributed by atoms with Gasteiger partial charge in [-0.05, 0) is 36.2 Å². The van der Waals surface area contributed by atoms with Crippen LogP contribution >= 0.6 is 0 Å². The molecule has 0 aliphatic heterocycles. The molecule has 0 spiro atoms. The van der Waals surface area contributed by atoms with Gasteiger partial charge >= 0.3 is 5.97 Å². The molecule has 2 aromatic rings. The average molecular weight is 331 g/mol. The highest BCUT2D eigenvalue weighted by atomic mass is 16.5. The van der Waals surface area contributed by atoms with Crippen LogP contribution in [0.15, 0.2) is 54.6 Å². The number of ether oxygens (including phenoxy) is 1. The molecule has 0 aliphatic carbocycles. The molecule has 0 heterocycles. The van der Waals surface area contributed by atoms with E-state index in [0.29, 0.717) is 5.75 Å². The van der Waals surface area contributed by atoms with E-state index < -0.39 is 18.1 Å². The van der Waals surface area contributed by atoms with E-state index in [0.717, 1.165) is 5.56 Å². The van der Waals surface area contributed by atoms with Crippen LogP contribution in [0.2, 0.25) is 0 Å². The second kappa shape index (κ2) is 8.90. The number of carboxylic acids is 1. The van der Waals surface area contributed by atoms with Crippen LogP contribution in [-0.4, -0.2) is 46.6 Å². The van der Waals surface area contributed by atoms with Gasteiger partial charge in [0, 0.05) is 6.54 Å². The summed E-state index contributed by atoms with van der Waals surface area (Å²) >= 11 is 0. The second-order valence-electron chi connectivity index (χ2n) is 5.45. The molecule has 0 radical (unpaired) electrons. The smallest absolute Gasteiger partial charge is 0.321 e. The second-order valence-corrected chi connectivity index (χ2v) is 5.45. The molecular weight excluding hydrogens is 310 g/mol. The fraction of sp³-hybridized carbons (Fsp3) is 0.278. The largest absolute Gasteiger partial charge is 0.508 e. The molecule has 2 aromatic carbocycles. The van der Waals surface area contributed by atoms with E-state index in [-0.39, 0.29) is 25.3 Å². The van der Waals surface area contributed by atoms with Crippen molar-refractivity contribution < 1.29 is 24.9 Å². The molecule has 24 heavy (non-hydrogen) atoms. The van der Waals surface area contributed by atoms with Crippen molar-refractivity contribution in [2.45, 2.75) is 18.6 Å². The Hall–Kier alpha value is -2.57. The number of aliphatic hydroxyl groups is 1. The van der Waals surface area contributed by atoms with Gasteiger partial charge in [0.25, 0.3) is 0 Å². The van der Waals surface area contributed by atoms with Crippen LogP contribution in [-0.2, 0) is 11.2 Å². The van der Waals surface area contributed by atoms with E-state index in [2.05, 4.69) is 5.32 Å².